The van der Waals surface area contributed by atoms with Crippen LogP contribution in [0.1, 0.15) is 45.6 Å². The van der Waals surface area contributed by atoms with Gasteiger partial charge in [-0.2, -0.15) is 0 Å². The normalized spacial score (nSPS) is 12.6. The molecule has 165 valence electrons. The molecular formula is C19H28IN6O4. The van der Waals surface area contributed by atoms with E-state index in [4.69, 9.17) is 5.41 Å². The molecule has 0 saturated heterocycles. The van der Waals surface area contributed by atoms with Crippen LogP contribution in [0.15, 0.2) is 24.3 Å². The molecule has 0 heterocycles. The SMILES string of the molecule is CCC[C@](NC(=N)N[N+](=O)[O-])(NC(=O)Cc1ccccc1I)C(=O)N[CH]CC(C)C. The average Bonchev–Trinajstić information content (AvgIpc) is 2.62. The maximum Gasteiger partial charge on any atom is 0.266 e. The van der Waals surface area contributed by atoms with Gasteiger partial charge in [0.05, 0.1) is 6.42 Å². The van der Waals surface area contributed by atoms with E-state index in [2.05, 4.69) is 38.5 Å². The largest absolute Gasteiger partial charge is 0.348 e. The predicted molar refractivity (Wildman–Crippen MR) is 122 cm³/mol. The minimum Gasteiger partial charge on any atom is -0.348 e. The number of carbonyl (C=O) groups is 2. The third kappa shape index (κ3) is 8.51. The summed E-state index contributed by atoms with van der Waals surface area (Å²) >= 11 is 2.12. The molecule has 2 amide bonds. The van der Waals surface area contributed by atoms with E-state index in [0.717, 1.165) is 9.13 Å². The molecule has 1 rings (SSSR count). The van der Waals surface area contributed by atoms with Gasteiger partial charge in [-0.1, -0.05) is 50.8 Å². The van der Waals surface area contributed by atoms with Crippen molar-refractivity contribution >= 4 is 40.4 Å². The Morgan fingerprint density at radius 2 is 1.97 bits per heavy atom. The van der Waals surface area contributed by atoms with E-state index >= 15 is 0 Å². The van der Waals surface area contributed by atoms with Crippen molar-refractivity contribution in [2.45, 2.75) is 52.1 Å². The third-order valence-electron chi connectivity index (χ3n) is 4.04. The number of carbonyl (C=O) groups excluding carboxylic acids is 2. The lowest BCUT2D eigenvalue weighted by atomic mass is 10.0. The van der Waals surface area contributed by atoms with Crippen molar-refractivity contribution in [2.75, 3.05) is 0 Å². The zero-order valence-corrected chi connectivity index (χ0v) is 19.4. The van der Waals surface area contributed by atoms with Gasteiger partial charge in [-0.15, -0.1) is 0 Å². The van der Waals surface area contributed by atoms with E-state index in [1.165, 1.54) is 0 Å². The molecule has 0 aliphatic heterocycles. The van der Waals surface area contributed by atoms with Crippen molar-refractivity contribution in [3.63, 3.8) is 0 Å². The summed E-state index contributed by atoms with van der Waals surface area (Å²) in [6.45, 7) is 7.36. The van der Waals surface area contributed by atoms with Gasteiger partial charge in [0, 0.05) is 10.1 Å². The molecule has 30 heavy (non-hydrogen) atoms. The van der Waals surface area contributed by atoms with Crippen molar-refractivity contribution in [3.05, 3.63) is 50.1 Å². The molecule has 0 saturated carbocycles. The molecule has 1 aromatic rings. The topological polar surface area (TPSA) is 149 Å². The number of hydrogen-bond acceptors (Lipinski definition) is 5. The number of benzene rings is 1. The minimum absolute atomic E-state index is 0.0191. The van der Waals surface area contributed by atoms with E-state index in [0.29, 0.717) is 18.8 Å². The van der Waals surface area contributed by atoms with Crippen molar-refractivity contribution < 1.29 is 14.6 Å². The molecule has 1 aromatic carbocycles. The molecule has 0 fully saturated rings. The summed E-state index contributed by atoms with van der Waals surface area (Å²) in [4.78, 5) is 36.5. The van der Waals surface area contributed by atoms with Crippen LogP contribution in [0, 0.1) is 31.6 Å². The number of guanidine groups is 1. The molecule has 0 spiro atoms. The Labute approximate surface area is 189 Å². The summed E-state index contributed by atoms with van der Waals surface area (Å²) in [6, 6.07) is 7.34. The molecule has 0 unspecified atom stereocenters. The lowest BCUT2D eigenvalue weighted by Crippen LogP contribution is -2.70. The van der Waals surface area contributed by atoms with Gasteiger partial charge in [-0.05, 0) is 53.0 Å². The first-order valence-electron chi connectivity index (χ1n) is 9.54. The van der Waals surface area contributed by atoms with Crippen LogP contribution in [0.5, 0.6) is 0 Å². The van der Waals surface area contributed by atoms with E-state index in [1.54, 1.807) is 18.9 Å². The van der Waals surface area contributed by atoms with Gasteiger partial charge >= 0.3 is 0 Å². The minimum atomic E-state index is -1.72. The fourth-order valence-electron chi connectivity index (χ4n) is 2.70. The maximum absolute atomic E-state index is 13.0. The molecule has 5 N–H and O–H groups in total. The molecule has 0 aliphatic rings. The number of hydrogen-bond donors (Lipinski definition) is 5. The summed E-state index contributed by atoms with van der Waals surface area (Å²) < 4.78 is 0.900. The first-order chi connectivity index (χ1) is 14.1. The number of halogens is 1. The van der Waals surface area contributed by atoms with Crippen LogP contribution in [-0.2, 0) is 16.0 Å². The first kappa shape index (κ1) is 25.6. The van der Waals surface area contributed by atoms with Gasteiger partial charge < -0.3 is 16.0 Å². The highest BCUT2D eigenvalue weighted by molar-refractivity contribution is 14.1. The van der Waals surface area contributed by atoms with Gasteiger partial charge in [0.25, 0.3) is 11.9 Å². The Bertz CT molecular complexity index is 773. The maximum atomic E-state index is 13.0. The second-order valence-corrected chi connectivity index (χ2v) is 8.31. The monoisotopic (exact) mass is 531 g/mol. The summed E-state index contributed by atoms with van der Waals surface area (Å²) in [5.74, 6) is -1.45. The number of hydrazine groups is 1. The lowest BCUT2D eigenvalue weighted by Gasteiger charge is -2.34. The number of nitrogens with zero attached hydrogens (tertiary/aromatic N) is 1. The Kier molecular flexibility index (Phi) is 10.5. The smallest absolute Gasteiger partial charge is 0.266 e. The van der Waals surface area contributed by atoms with Gasteiger partial charge in [0.2, 0.25) is 5.91 Å². The number of nitrogens with one attached hydrogen (secondary N) is 5. The third-order valence-corrected chi connectivity index (χ3v) is 5.09. The zero-order chi connectivity index (χ0) is 22.7. The quantitative estimate of drug-likeness (QED) is 0.0737. The number of amides is 2. The Hall–Kier alpha value is -2.44. The van der Waals surface area contributed by atoms with E-state index < -0.39 is 28.5 Å². The van der Waals surface area contributed by atoms with Gasteiger partial charge in [0.15, 0.2) is 10.7 Å². The number of rotatable bonds is 11. The molecule has 0 aromatic heterocycles. The average molecular weight is 531 g/mol. The molecule has 1 radical (unpaired) electrons. The molecule has 11 heteroatoms. The zero-order valence-electron chi connectivity index (χ0n) is 17.3. The summed E-state index contributed by atoms with van der Waals surface area (Å²) in [7, 11) is 0. The van der Waals surface area contributed by atoms with Gasteiger partial charge in [-0.25, -0.2) is 10.1 Å². The van der Waals surface area contributed by atoms with E-state index in [9.17, 15) is 19.7 Å². The summed E-state index contributed by atoms with van der Waals surface area (Å²) in [6.07, 6.45) is 1.22. The Morgan fingerprint density at radius 3 is 2.53 bits per heavy atom. The number of nitro groups is 1. The molecule has 10 nitrogen and oxygen atoms in total. The van der Waals surface area contributed by atoms with Crippen molar-refractivity contribution in [3.8, 4) is 0 Å². The highest BCUT2D eigenvalue weighted by Gasteiger charge is 2.40. The predicted octanol–water partition coefficient (Wildman–Crippen LogP) is 2.08. The van der Waals surface area contributed by atoms with Crippen LogP contribution in [0.4, 0.5) is 0 Å². The van der Waals surface area contributed by atoms with Crippen LogP contribution in [0.2, 0.25) is 0 Å². The second kappa shape index (κ2) is 12.3. The van der Waals surface area contributed by atoms with Gasteiger partial charge in [-0.3, -0.25) is 15.0 Å². The molecule has 0 bridgehead atoms. The van der Waals surface area contributed by atoms with Crippen molar-refractivity contribution in [1.82, 2.24) is 21.4 Å². The van der Waals surface area contributed by atoms with Gasteiger partial charge in [0.1, 0.15) is 0 Å². The van der Waals surface area contributed by atoms with Crippen LogP contribution in [-0.4, -0.2) is 28.5 Å². The lowest BCUT2D eigenvalue weighted by molar-refractivity contribution is -0.526. The van der Waals surface area contributed by atoms with E-state index in [-0.39, 0.29) is 12.8 Å². The van der Waals surface area contributed by atoms with Crippen LogP contribution >= 0.6 is 22.6 Å². The molecular weight excluding hydrogens is 503 g/mol. The van der Waals surface area contributed by atoms with Crippen molar-refractivity contribution in [2.24, 2.45) is 5.92 Å². The standard InChI is InChI=1S/C19H28IN6O4/c1-4-10-19(24-18(21)25-26(29)30,17(28)22-11-9-13(2)3)23-16(27)12-14-7-5-6-8-15(14)20/h5-8,11,13H,4,9-10,12H2,1-3H3,(H,22,28)(H,23,27)(H3,21,24,25)/t19-/m1/s1. The van der Waals surface area contributed by atoms with E-state index in [1.807, 2.05) is 38.1 Å². The fourth-order valence-corrected chi connectivity index (χ4v) is 3.28. The fraction of sp³-hybridized carbons (Fsp3) is 0.474. The Balaban J connectivity index is 3.09. The molecule has 0 aliphatic carbocycles. The summed E-state index contributed by atoms with van der Waals surface area (Å²) in [5.41, 5.74) is 0.730. The summed E-state index contributed by atoms with van der Waals surface area (Å²) in [5, 5.41) is 25.4. The molecule has 1 atom stereocenters. The Morgan fingerprint density at radius 1 is 1.30 bits per heavy atom. The first-order valence-corrected chi connectivity index (χ1v) is 10.6. The van der Waals surface area contributed by atoms with Crippen LogP contribution in [0.3, 0.4) is 0 Å². The van der Waals surface area contributed by atoms with Crippen LogP contribution < -0.4 is 21.4 Å². The second-order valence-electron chi connectivity index (χ2n) is 7.15. The van der Waals surface area contributed by atoms with Crippen molar-refractivity contribution in [1.29, 1.82) is 5.41 Å². The van der Waals surface area contributed by atoms with Crippen LogP contribution in [0.25, 0.3) is 0 Å². The highest BCUT2D eigenvalue weighted by atomic mass is 127. The highest BCUT2D eigenvalue weighted by Crippen LogP contribution is 2.15.